The Bertz CT molecular complexity index is 1610. The molecule has 2 saturated heterocycles. The minimum atomic E-state index is -0.283. The third-order valence-electron chi connectivity index (χ3n) is 8.26. The highest BCUT2D eigenvalue weighted by Gasteiger charge is 2.29. The van der Waals surface area contributed by atoms with E-state index in [0.29, 0.717) is 28.6 Å². The molecule has 2 aliphatic heterocycles. The lowest BCUT2D eigenvalue weighted by Gasteiger charge is -2.43. The molecule has 2 fully saturated rings. The molecule has 0 amide bonds. The molecule has 0 spiro atoms. The van der Waals surface area contributed by atoms with Gasteiger partial charge in [0.05, 0.1) is 0 Å². The Morgan fingerprint density at radius 3 is 1.67 bits per heavy atom. The lowest BCUT2D eigenvalue weighted by Crippen LogP contribution is -2.52. The third kappa shape index (κ3) is 8.79. The maximum atomic E-state index is 14.1. The summed E-state index contributed by atoms with van der Waals surface area (Å²) in [5.74, 6) is 2.03. The molecule has 242 valence electrons. The van der Waals surface area contributed by atoms with Crippen molar-refractivity contribution in [2.75, 3.05) is 26.2 Å². The number of hydrogen-bond acceptors (Lipinski definition) is 6. The van der Waals surface area contributed by atoms with Crippen molar-refractivity contribution in [3.8, 4) is 23.0 Å². The zero-order valence-electron chi connectivity index (χ0n) is 25.3. The lowest BCUT2D eigenvalue weighted by atomic mass is 10.1. The van der Waals surface area contributed by atoms with E-state index in [1.54, 1.807) is 24.3 Å². The number of hydrogen-bond donors (Lipinski definition) is 0. The van der Waals surface area contributed by atoms with Gasteiger partial charge in [-0.25, -0.2) is 18.8 Å². The van der Waals surface area contributed by atoms with Crippen molar-refractivity contribution in [1.82, 2.24) is 10.0 Å². The Morgan fingerprint density at radius 1 is 0.587 bits per heavy atom. The van der Waals surface area contributed by atoms with Crippen molar-refractivity contribution in [3.63, 3.8) is 0 Å². The molecular weight excluding hydrogens is 722 g/mol. The summed E-state index contributed by atoms with van der Waals surface area (Å²) in [7, 11) is 0. The molecule has 6 nitrogen and oxygen atoms in total. The number of ether oxygens (including phenoxy) is 4. The highest BCUT2D eigenvalue weighted by atomic mass is 79.9. The van der Waals surface area contributed by atoms with E-state index in [1.807, 2.05) is 42.5 Å². The maximum Gasteiger partial charge on any atom is 0.162 e. The van der Waals surface area contributed by atoms with E-state index in [0.717, 1.165) is 66.4 Å². The molecule has 0 aromatic heterocycles. The van der Waals surface area contributed by atoms with Gasteiger partial charge >= 0.3 is 0 Å². The van der Waals surface area contributed by atoms with Gasteiger partial charge in [0.15, 0.2) is 23.0 Å². The molecule has 4 aromatic rings. The number of nitrogens with zero attached hydrogens (tertiary/aromatic N) is 2. The van der Waals surface area contributed by atoms with Gasteiger partial charge in [0.25, 0.3) is 0 Å². The summed E-state index contributed by atoms with van der Waals surface area (Å²) in [5.41, 5.74) is 1.27. The summed E-state index contributed by atoms with van der Waals surface area (Å²) in [5, 5.41) is 4.86. The summed E-state index contributed by atoms with van der Waals surface area (Å²) < 4.78 is 54.4. The molecule has 0 aliphatic carbocycles. The number of halogens is 4. The standard InChI is InChI=1S/C36H36Br2F2N2O4/c37-27-8-10-33(43-23-25-4-3-6-29(39)20-25)35(21-27)45-30-12-16-41(17-13-30)42-18-14-31(15-19-42)46-36-22-28(38)9-11-34(36)44-24-26-5-1-2-7-32(26)40/h1-11,20-22,30-31H,12-19,23-24H2. The fourth-order valence-electron chi connectivity index (χ4n) is 5.79. The Balaban J connectivity index is 0.976. The normalized spacial score (nSPS) is 16.7. The summed E-state index contributed by atoms with van der Waals surface area (Å²) in [4.78, 5) is 0. The van der Waals surface area contributed by atoms with Gasteiger partial charge < -0.3 is 18.9 Å². The summed E-state index contributed by atoms with van der Waals surface area (Å²) in [6.07, 6.45) is 3.70. The fourth-order valence-corrected chi connectivity index (χ4v) is 6.47. The average Bonchev–Trinajstić information content (AvgIpc) is 3.06. The zero-order chi connectivity index (χ0) is 31.9. The van der Waals surface area contributed by atoms with E-state index in [1.165, 1.54) is 18.2 Å². The Morgan fingerprint density at radius 2 is 1.13 bits per heavy atom. The summed E-state index contributed by atoms with van der Waals surface area (Å²) in [6, 6.07) is 24.5. The van der Waals surface area contributed by atoms with Crippen molar-refractivity contribution < 1.29 is 27.7 Å². The van der Waals surface area contributed by atoms with Gasteiger partial charge in [-0.05, 0) is 85.8 Å². The predicted molar refractivity (Wildman–Crippen MR) is 180 cm³/mol. The molecule has 2 aliphatic rings. The van der Waals surface area contributed by atoms with Crippen molar-refractivity contribution >= 4 is 31.9 Å². The van der Waals surface area contributed by atoms with Crippen molar-refractivity contribution in [3.05, 3.63) is 117 Å². The molecule has 2 heterocycles. The molecule has 4 aromatic carbocycles. The van der Waals surface area contributed by atoms with E-state index in [2.05, 4.69) is 41.9 Å². The smallest absolute Gasteiger partial charge is 0.162 e. The first-order valence-electron chi connectivity index (χ1n) is 15.6. The second kappa shape index (κ2) is 15.6. The van der Waals surface area contributed by atoms with Crippen LogP contribution in [0.3, 0.4) is 0 Å². The second-order valence-corrected chi connectivity index (χ2v) is 13.4. The van der Waals surface area contributed by atoms with Crippen LogP contribution in [0.5, 0.6) is 23.0 Å². The lowest BCUT2D eigenvalue weighted by molar-refractivity contribution is -0.0850. The molecule has 46 heavy (non-hydrogen) atoms. The topological polar surface area (TPSA) is 43.4 Å². The van der Waals surface area contributed by atoms with Crippen LogP contribution in [0.15, 0.2) is 93.9 Å². The quantitative estimate of drug-likeness (QED) is 0.152. The van der Waals surface area contributed by atoms with Crippen LogP contribution in [0.4, 0.5) is 8.78 Å². The SMILES string of the molecule is Fc1cccc(COc2ccc(Br)cc2OC2CCN(N3CCC(Oc4cc(Br)ccc4OCc4ccccc4F)CC3)CC2)c1. The molecule has 0 saturated carbocycles. The van der Waals surface area contributed by atoms with Crippen LogP contribution in [0.25, 0.3) is 0 Å². The Labute approximate surface area is 285 Å². The van der Waals surface area contributed by atoms with Crippen molar-refractivity contribution in [1.29, 1.82) is 0 Å². The van der Waals surface area contributed by atoms with Gasteiger partial charge in [-0.2, -0.15) is 0 Å². The number of rotatable bonds is 11. The van der Waals surface area contributed by atoms with Crippen LogP contribution in [-0.4, -0.2) is 48.4 Å². The van der Waals surface area contributed by atoms with Crippen LogP contribution in [-0.2, 0) is 13.2 Å². The minimum Gasteiger partial charge on any atom is -0.486 e. The second-order valence-electron chi connectivity index (χ2n) is 11.5. The molecule has 0 unspecified atom stereocenters. The first kappa shape index (κ1) is 32.7. The number of hydrazine groups is 1. The van der Waals surface area contributed by atoms with Crippen LogP contribution in [0.2, 0.25) is 0 Å². The molecule has 6 rings (SSSR count). The minimum absolute atomic E-state index is 0.0598. The van der Waals surface area contributed by atoms with Gasteiger partial charge in [0.1, 0.15) is 37.1 Å². The van der Waals surface area contributed by atoms with Gasteiger partial charge in [-0.3, -0.25) is 0 Å². The zero-order valence-corrected chi connectivity index (χ0v) is 28.5. The monoisotopic (exact) mass is 756 g/mol. The van der Waals surface area contributed by atoms with Crippen LogP contribution in [0, 0.1) is 11.6 Å². The van der Waals surface area contributed by atoms with Gasteiger partial charge in [-0.15, -0.1) is 0 Å². The first-order chi connectivity index (χ1) is 22.4. The van der Waals surface area contributed by atoms with Gasteiger partial charge in [0.2, 0.25) is 0 Å². The van der Waals surface area contributed by atoms with Gasteiger partial charge in [0, 0.05) is 40.7 Å². The van der Waals surface area contributed by atoms with E-state index in [9.17, 15) is 8.78 Å². The van der Waals surface area contributed by atoms with Crippen molar-refractivity contribution in [2.24, 2.45) is 0 Å². The predicted octanol–water partition coefficient (Wildman–Crippen LogP) is 8.95. The van der Waals surface area contributed by atoms with Crippen LogP contribution < -0.4 is 18.9 Å². The van der Waals surface area contributed by atoms with Crippen LogP contribution >= 0.6 is 31.9 Å². The highest BCUT2D eigenvalue weighted by molar-refractivity contribution is 9.10. The van der Waals surface area contributed by atoms with Crippen molar-refractivity contribution in [2.45, 2.75) is 51.1 Å². The molecule has 0 N–H and O–H groups in total. The van der Waals surface area contributed by atoms with E-state index in [4.69, 9.17) is 18.9 Å². The Kier molecular flexibility index (Phi) is 11.1. The molecule has 0 atom stereocenters. The summed E-state index contributed by atoms with van der Waals surface area (Å²) in [6.45, 7) is 4.01. The number of benzene rings is 4. The third-order valence-corrected chi connectivity index (χ3v) is 9.25. The van der Waals surface area contributed by atoms with E-state index < -0.39 is 0 Å². The summed E-state index contributed by atoms with van der Waals surface area (Å²) >= 11 is 7.09. The van der Waals surface area contributed by atoms with E-state index >= 15 is 0 Å². The highest BCUT2D eigenvalue weighted by Crippen LogP contribution is 2.35. The molecule has 10 heteroatoms. The Hall–Kier alpha value is -3.18. The maximum absolute atomic E-state index is 14.1. The molecule has 0 radical (unpaired) electrons. The number of piperidine rings is 2. The average molecular weight is 758 g/mol. The first-order valence-corrected chi connectivity index (χ1v) is 17.1. The fraction of sp³-hybridized carbons (Fsp3) is 0.333. The largest absolute Gasteiger partial charge is 0.486 e. The molecular formula is C36H36Br2F2N2O4. The van der Waals surface area contributed by atoms with Gasteiger partial charge in [-0.1, -0.05) is 62.2 Å². The van der Waals surface area contributed by atoms with Crippen LogP contribution in [0.1, 0.15) is 36.8 Å². The molecule has 0 bridgehead atoms. The van der Waals surface area contributed by atoms with E-state index in [-0.39, 0.29) is 37.1 Å².